The maximum atomic E-state index is 11.9. The Kier molecular flexibility index (Phi) is 6.67. The lowest BCUT2D eigenvalue weighted by Crippen LogP contribution is -2.24. The maximum absolute atomic E-state index is 11.9. The summed E-state index contributed by atoms with van der Waals surface area (Å²) in [5, 5.41) is 3.88. The number of carbonyl (C=O) groups excluding carboxylic acids is 1. The van der Waals surface area contributed by atoms with Crippen molar-refractivity contribution in [2.24, 2.45) is 4.99 Å². The summed E-state index contributed by atoms with van der Waals surface area (Å²) in [6.07, 6.45) is 4.08. The summed E-state index contributed by atoms with van der Waals surface area (Å²) in [6, 6.07) is 11.5. The molecule has 2 aromatic rings. The van der Waals surface area contributed by atoms with Crippen LogP contribution in [0.4, 0.5) is 0 Å². The molecule has 0 spiro atoms. The van der Waals surface area contributed by atoms with Crippen molar-refractivity contribution in [2.45, 2.75) is 32.8 Å². The fraction of sp³-hybridized carbons (Fsp3) is 0.304. The van der Waals surface area contributed by atoms with Crippen LogP contribution >= 0.6 is 11.6 Å². The van der Waals surface area contributed by atoms with Crippen LogP contribution in [0.1, 0.15) is 38.4 Å². The van der Waals surface area contributed by atoms with Gasteiger partial charge in [-0.2, -0.15) is 0 Å². The van der Waals surface area contributed by atoms with Gasteiger partial charge in [0.2, 0.25) is 0 Å². The van der Waals surface area contributed by atoms with E-state index in [4.69, 9.17) is 21.1 Å². The van der Waals surface area contributed by atoms with Gasteiger partial charge in [0.1, 0.15) is 22.3 Å². The molecular formula is C23H26ClN3O3. The van der Waals surface area contributed by atoms with E-state index in [-0.39, 0.29) is 12.4 Å². The second-order valence-corrected chi connectivity index (χ2v) is 8.21. The van der Waals surface area contributed by atoms with Gasteiger partial charge in [-0.05, 0) is 62.8 Å². The molecule has 0 radical (unpaired) electrons. The Bertz CT molecular complexity index is 995. The summed E-state index contributed by atoms with van der Waals surface area (Å²) in [6.45, 7) is 5.90. The lowest BCUT2D eigenvalue weighted by atomic mass is 10.0. The maximum Gasteiger partial charge on any atom is 0.308 e. The molecule has 0 amide bonds. The normalized spacial score (nSPS) is 16.5. The minimum Gasteiger partial charge on any atom is -0.497 e. The van der Waals surface area contributed by atoms with E-state index in [1.54, 1.807) is 7.11 Å². The third kappa shape index (κ3) is 5.76. The SMILES string of the molecule is COc1ccc(/C(=C2\C=CC(=NCCC(=O)OC(C)(C)C)N2)c2ccc(Cl)[nH]2)cc1. The lowest BCUT2D eigenvalue weighted by Gasteiger charge is -2.19. The molecule has 1 aliphatic heterocycles. The minimum absolute atomic E-state index is 0.229. The van der Waals surface area contributed by atoms with Gasteiger partial charge >= 0.3 is 5.97 Å². The van der Waals surface area contributed by atoms with Gasteiger partial charge < -0.3 is 19.8 Å². The molecule has 0 atom stereocenters. The molecule has 0 fully saturated rings. The fourth-order valence-corrected chi connectivity index (χ4v) is 3.17. The number of amidine groups is 1. The molecule has 7 heteroatoms. The monoisotopic (exact) mass is 427 g/mol. The van der Waals surface area contributed by atoms with Crippen LogP contribution in [0.25, 0.3) is 5.57 Å². The minimum atomic E-state index is -0.490. The molecule has 0 saturated carbocycles. The van der Waals surface area contributed by atoms with Crippen LogP contribution < -0.4 is 10.1 Å². The van der Waals surface area contributed by atoms with Gasteiger partial charge in [0.25, 0.3) is 0 Å². The zero-order valence-electron chi connectivity index (χ0n) is 17.6. The predicted molar refractivity (Wildman–Crippen MR) is 120 cm³/mol. The average molecular weight is 428 g/mol. The molecule has 2 heterocycles. The van der Waals surface area contributed by atoms with Crippen molar-refractivity contribution < 1.29 is 14.3 Å². The Labute approximate surface area is 181 Å². The number of H-pyrrole nitrogens is 1. The van der Waals surface area contributed by atoms with Crippen molar-refractivity contribution in [3.8, 4) is 5.75 Å². The number of carbonyl (C=O) groups is 1. The molecule has 1 aliphatic rings. The summed E-state index contributed by atoms with van der Waals surface area (Å²) in [5.41, 5.74) is 3.23. The number of ether oxygens (including phenoxy) is 2. The van der Waals surface area contributed by atoms with E-state index in [1.165, 1.54) is 0 Å². The number of benzene rings is 1. The van der Waals surface area contributed by atoms with Gasteiger partial charge in [0, 0.05) is 17.0 Å². The molecule has 30 heavy (non-hydrogen) atoms. The number of hydrogen-bond donors (Lipinski definition) is 2. The van der Waals surface area contributed by atoms with Gasteiger partial charge in [0.15, 0.2) is 0 Å². The number of hydrogen-bond acceptors (Lipinski definition) is 4. The molecule has 6 nitrogen and oxygen atoms in total. The van der Waals surface area contributed by atoms with Crippen LogP contribution in [0.5, 0.6) is 5.75 Å². The Morgan fingerprint density at radius 3 is 2.43 bits per heavy atom. The second-order valence-electron chi connectivity index (χ2n) is 7.80. The Balaban J connectivity index is 1.79. The number of halogens is 1. The number of nitrogens with zero attached hydrogens (tertiary/aromatic N) is 1. The number of aliphatic imine (C=N–C) groups is 1. The first kappa shape index (κ1) is 21.7. The zero-order chi connectivity index (χ0) is 21.7. The highest BCUT2D eigenvalue weighted by atomic mass is 35.5. The third-order valence-electron chi connectivity index (χ3n) is 4.26. The van der Waals surface area contributed by atoms with E-state index >= 15 is 0 Å². The van der Waals surface area contributed by atoms with E-state index in [0.29, 0.717) is 17.5 Å². The quantitative estimate of drug-likeness (QED) is 0.653. The van der Waals surface area contributed by atoms with Crippen molar-refractivity contribution in [2.75, 3.05) is 13.7 Å². The predicted octanol–water partition coefficient (Wildman–Crippen LogP) is 4.73. The molecule has 0 aliphatic carbocycles. The number of allylic oxidation sites excluding steroid dienone is 1. The number of esters is 1. The second kappa shape index (κ2) is 9.22. The Hall–Kier alpha value is -2.99. The highest BCUT2D eigenvalue weighted by molar-refractivity contribution is 6.29. The van der Waals surface area contributed by atoms with Crippen LogP contribution in [0.15, 0.2) is 59.2 Å². The van der Waals surface area contributed by atoms with Crippen LogP contribution in [-0.2, 0) is 9.53 Å². The summed E-state index contributed by atoms with van der Waals surface area (Å²) in [7, 11) is 1.64. The molecule has 1 aromatic heterocycles. The molecule has 1 aromatic carbocycles. The first-order valence-electron chi connectivity index (χ1n) is 9.70. The number of aromatic nitrogens is 1. The van der Waals surface area contributed by atoms with E-state index in [9.17, 15) is 4.79 Å². The first-order valence-corrected chi connectivity index (χ1v) is 10.1. The lowest BCUT2D eigenvalue weighted by molar-refractivity contribution is -0.154. The van der Waals surface area contributed by atoms with E-state index < -0.39 is 5.60 Å². The summed E-state index contributed by atoms with van der Waals surface area (Å²) in [5.74, 6) is 1.22. The van der Waals surface area contributed by atoms with Crippen molar-refractivity contribution in [3.05, 3.63) is 70.7 Å². The van der Waals surface area contributed by atoms with Crippen molar-refractivity contribution >= 4 is 29.0 Å². The summed E-state index contributed by atoms with van der Waals surface area (Å²) in [4.78, 5) is 19.5. The standard InChI is InChI=1S/C23H26ClN3O3/c1-23(2,3)30-21(28)13-14-25-20-12-10-18(27-20)22(17-9-11-19(24)26-17)15-5-7-16(29-4)8-6-15/h5-12,26H,13-14H2,1-4H3,(H,25,27)/b22-18-. The van der Waals surface area contributed by atoms with Gasteiger partial charge in [0.05, 0.1) is 20.1 Å². The largest absolute Gasteiger partial charge is 0.497 e. The van der Waals surface area contributed by atoms with Crippen LogP contribution in [0.3, 0.4) is 0 Å². The van der Waals surface area contributed by atoms with Gasteiger partial charge in [-0.3, -0.25) is 9.79 Å². The molecule has 2 N–H and O–H groups in total. The topological polar surface area (TPSA) is 75.7 Å². The first-order chi connectivity index (χ1) is 14.2. The molecular weight excluding hydrogens is 402 g/mol. The van der Waals surface area contributed by atoms with Crippen molar-refractivity contribution in [3.63, 3.8) is 0 Å². The number of methoxy groups -OCH3 is 1. The van der Waals surface area contributed by atoms with Gasteiger partial charge in [-0.15, -0.1) is 0 Å². The van der Waals surface area contributed by atoms with E-state index in [0.717, 1.165) is 28.3 Å². The Morgan fingerprint density at radius 2 is 1.83 bits per heavy atom. The average Bonchev–Trinajstić information content (AvgIpc) is 3.31. The molecule has 158 valence electrons. The zero-order valence-corrected chi connectivity index (χ0v) is 18.3. The van der Waals surface area contributed by atoms with Crippen molar-refractivity contribution in [1.82, 2.24) is 10.3 Å². The number of nitrogens with one attached hydrogen (secondary N) is 2. The molecule has 0 bridgehead atoms. The smallest absolute Gasteiger partial charge is 0.308 e. The number of aromatic amines is 1. The molecule has 0 saturated heterocycles. The highest BCUT2D eigenvalue weighted by Gasteiger charge is 2.18. The third-order valence-corrected chi connectivity index (χ3v) is 4.48. The number of rotatable bonds is 6. The van der Waals surface area contributed by atoms with Crippen LogP contribution in [0, 0.1) is 0 Å². The van der Waals surface area contributed by atoms with Gasteiger partial charge in [-0.25, -0.2) is 0 Å². The van der Waals surface area contributed by atoms with Gasteiger partial charge in [-0.1, -0.05) is 23.7 Å². The van der Waals surface area contributed by atoms with E-state index in [2.05, 4.69) is 15.3 Å². The summed E-state index contributed by atoms with van der Waals surface area (Å²) < 4.78 is 10.6. The van der Waals surface area contributed by atoms with Crippen LogP contribution in [-0.4, -0.2) is 36.0 Å². The Morgan fingerprint density at radius 1 is 1.10 bits per heavy atom. The molecule has 0 unspecified atom stereocenters. The summed E-state index contributed by atoms with van der Waals surface area (Å²) >= 11 is 6.11. The van der Waals surface area contributed by atoms with E-state index in [1.807, 2.05) is 69.3 Å². The fourth-order valence-electron chi connectivity index (χ4n) is 3.01. The van der Waals surface area contributed by atoms with Crippen LogP contribution in [0.2, 0.25) is 5.15 Å². The highest BCUT2D eigenvalue weighted by Crippen LogP contribution is 2.29. The van der Waals surface area contributed by atoms with Crippen molar-refractivity contribution in [1.29, 1.82) is 0 Å². The molecule has 3 rings (SSSR count).